The van der Waals surface area contributed by atoms with Crippen LogP contribution in [0.5, 0.6) is 0 Å². The van der Waals surface area contributed by atoms with Crippen LogP contribution in [0.15, 0.2) is 0 Å². The van der Waals surface area contributed by atoms with Crippen molar-refractivity contribution in [3.8, 4) is 6.07 Å². The lowest BCUT2D eigenvalue weighted by Gasteiger charge is -2.11. The van der Waals surface area contributed by atoms with Crippen molar-refractivity contribution in [2.24, 2.45) is 11.8 Å². The Bertz CT molecular complexity index is 227. The smallest absolute Gasteiger partial charge is 0.150 e. The Morgan fingerprint density at radius 1 is 1.12 bits per heavy atom. The molecule has 1 unspecified atom stereocenters. The number of hydrogen-bond acceptors (Lipinski definition) is 2. The van der Waals surface area contributed by atoms with Crippen LogP contribution in [0.2, 0.25) is 0 Å². The van der Waals surface area contributed by atoms with Crippen LogP contribution in [-0.4, -0.2) is 5.78 Å². The second-order valence-electron chi connectivity index (χ2n) is 4.83. The van der Waals surface area contributed by atoms with E-state index in [0.717, 1.165) is 12.8 Å². The van der Waals surface area contributed by atoms with Crippen LogP contribution >= 0.6 is 0 Å². The largest absolute Gasteiger partial charge is 0.298 e. The Balaban J connectivity index is 3.61. The molecule has 0 saturated carbocycles. The van der Waals surface area contributed by atoms with Gasteiger partial charge in [-0.3, -0.25) is 4.79 Å². The summed E-state index contributed by atoms with van der Waals surface area (Å²) >= 11 is 0. The van der Waals surface area contributed by atoms with Gasteiger partial charge in [-0.1, -0.05) is 52.9 Å². The quantitative estimate of drug-likeness (QED) is 0.552. The first-order valence-corrected chi connectivity index (χ1v) is 6.55. The van der Waals surface area contributed by atoms with E-state index in [1.165, 1.54) is 25.7 Å². The number of nitrogens with zero attached hydrogens (tertiary/aromatic N) is 1. The van der Waals surface area contributed by atoms with Crippen LogP contribution in [0.3, 0.4) is 0 Å². The first-order chi connectivity index (χ1) is 7.63. The fraction of sp³-hybridized carbons (Fsp3) is 0.857. The fourth-order valence-corrected chi connectivity index (χ4v) is 1.83. The SMILES string of the molecule is CCCCCCCCC(=O)C(C#N)C(C)C. The monoisotopic (exact) mass is 223 g/mol. The van der Waals surface area contributed by atoms with Crippen LogP contribution in [0.25, 0.3) is 0 Å². The standard InChI is InChI=1S/C14H25NO/c1-4-5-6-7-8-9-10-14(16)13(11-15)12(2)3/h12-13H,4-10H2,1-3H3. The van der Waals surface area contributed by atoms with Crippen LogP contribution in [0, 0.1) is 23.2 Å². The molecule has 0 aliphatic heterocycles. The van der Waals surface area contributed by atoms with Gasteiger partial charge in [-0.05, 0) is 12.3 Å². The van der Waals surface area contributed by atoms with E-state index in [9.17, 15) is 4.79 Å². The molecule has 0 aromatic heterocycles. The zero-order valence-corrected chi connectivity index (χ0v) is 11.0. The van der Waals surface area contributed by atoms with Crippen LogP contribution in [0.4, 0.5) is 0 Å². The highest BCUT2D eigenvalue weighted by atomic mass is 16.1. The van der Waals surface area contributed by atoms with Crippen molar-refractivity contribution in [2.75, 3.05) is 0 Å². The number of Topliss-reactive ketones (excluding diaryl/α,β-unsaturated/α-hetero) is 1. The van der Waals surface area contributed by atoms with Gasteiger partial charge >= 0.3 is 0 Å². The molecule has 0 bridgehead atoms. The number of ketones is 1. The molecule has 0 spiro atoms. The van der Waals surface area contributed by atoms with Crippen molar-refractivity contribution in [3.63, 3.8) is 0 Å². The molecule has 0 radical (unpaired) electrons. The van der Waals surface area contributed by atoms with Gasteiger partial charge in [0.15, 0.2) is 0 Å². The van der Waals surface area contributed by atoms with E-state index in [4.69, 9.17) is 5.26 Å². The predicted molar refractivity (Wildman–Crippen MR) is 66.9 cm³/mol. The lowest BCUT2D eigenvalue weighted by Crippen LogP contribution is -2.18. The Hall–Kier alpha value is -0.840. The molecule has 0 fully saturated rings. The zero-order chi connectivity index (χ0) is 12.4. The number of rotatable bonds is 9. The topological polar surface area (TPSA) is 40.9 Å². The number of unbranched alkanes of at least 4 members (excludes halogenated alkanes) is 5. The van der Waals surface area contributed by atoms with Crippen molar-refractivity contribution >= 4 is 5.78 Å². The molecule has 2 nitrogen and oxygen atoms in total. The van der Waals surface area contributed by atoms with Crippen LogP contribution in [-0.2, 0) is 4.79 Å². The third kappa shape index (κ3) is 6.61. The van der Waals surface area contributed by atoms with Crippen molar-refractivity contribution in [2.45, 2.75) is 65.7 Å². The average molecular weight is 223 g/mol. The third-order valence-corrected chi connectivity index (χ3v) is 2.93. The van der Waals surface area contributed by atoms with E-state index >= 15 is 0 Å². The summed E-state index contributed by atoms with van der Waals surface area (Å²) in [5.41, 5.74) is 0. The number of carbonyl (C=O) groups excluding carboxylic acids is 1. The van der Waals surface area contributed by atoms with E-state index in [-0.39, 0.29) is 11.7 Å². The van der Waals surface area contributed by atoms with Gasteiger partial charge in [0.25, 0.3) is 0 Å². The molecule has 16 heavy (non-hydrogen) atoms. The Morgan fingerprint density at radius 2 is 1.69 bits per heavy atom. The van der Waals surface area contributed by atoms with E-state index in [1.54, 1.807) is 0 Å². The molecule has 0 saturated heterocycles. The third-order valence-electron chi connectivity index (χ3n) is 2.93. The van der Waals surface area contributed by atoms with Gasteiger partial charge in [0.1, 0.15) is 11.7 Å². The summed E-state index contributed by atoms with van der Waals surface area (Å²) in [5.74, 6) is -0.110. The summed E-state index contributed by atoms with van der Waals surface area (Å²) in [7, 11) is 0. The molecular weight excluding hydrogens is 198 g/mol. The minimum atomic E-state index is -0.393. The van der Waals surface area contributed by atoms with E-state index < -0.39 is 5.92 Å². The highest BCUT2D eigenvalue weighted by Crippen LogP contribution is 2.15. The maximum absolute atomic E-state index is 11.7. The summed E-state index contributed by atoms with van der Waals surface area (Å²) in [6.07, 6.45) is 7.71. The van der Waals surface area contributed by atoms with Crippen molar-refractivity contribution in [3.05, 3.63) is 0 Å². The minimum Gasteiger partial charge on any atom is -0.298 e. The number of carbonyl (C=O) groups is 1. The second-order valence-corrected chi connectivity index (χ2v) is 4.83. The van der Waals surface area contributed by atoms with E-state index in [0.29, 0.717) is 6.42 Å². The number of hydrogen-bond donors (Lipinski definition) is 0. The van der Waals surface area contributed by atoms with E-state index in [1.807, 2.05) is 13.8 Å². The molecule has 0 aromatic rings. The first-order valence-electron chi connectivity index (χ1n) is 6.55. The van der Waals surface area contributed by atoms with Crippen LogP contribution < -0.4 is 0 Å². The maximum Gasteiger partial charge on any atom is 0.150 e. The van der Waals surface area contributed by atoms with Gasteiger partial charge in [-0.15, -0.1) is 0 Å². The normalized spacial score (nSPS) is 12.4. The minimum absolute atomic E-state index is 0.132. The molecule has 0 aliphatic carbocycles. The highest BCUT2D eigenvalue weighted by Gasteiger charge is 2.20. The molecule has 0 aromatic carbocycles. The number of nitriles is 1. The average Bonchev–Trinajstić information content (AvgIpc) is 2.23. The zero-order valence-electron chi connectivity index (χ0n) is 11.0. The molecule has 92 valence electrons. The molecule has 0 amide bonds. The van der Waals surface area contributed by atoms with Gasteiger partial charge in [0.2, 0.25) is 0 Å². The van der Waals surface area contributed by atoms with Gasteiger partial charge in [0.05, 0.1) is 6.07 Å². The summed E-state index contributed by atoms with van der Waals surface area (Å²) in [5, 5.41) is 8.87. The van der Waals surface area contributed by atoms with Crippen molar-refractivity contribution in [1.29, 1.82) is 5.26 Å². The van der Waals surface area contributed by atoms with Gasteiger partial charge in [-0.25, -0.2) is 0 Å². The summed E-state index contributed by atoms with van der Waals surface area (Å²) in [4.78, 5) is 11.7. The lowest BCUT2D eigenvalue weighted by molar-refractivity contribution is -0.122. The fourth-order valence-electron chi connectivity index (χ4n) is 1.83. The summed E-state index contributed by atoms with van der Waals surface area (Å²) in [6, 6.07) is 2.11. The molecular formula is C14H25NO. The molecule has 0 heterocycles. The van der Waals surface area contributed by atoms with Crippen molar-refractivity contribution in [1.82, 2.24) is 0 Å². The predicted octanol–water partition coefficient (Wildman–Crippen LogP) is 4.10. The second kappa shape index (κ2) is 9.39. The first kappa shape index (κ1) is 15.2. The van der Waals surface area contributed by atoms with Crippen molar-refractivity contribution < 1.29 is 4.79 Å². The maximum atomic E-state index is 11.7. The van der Waals surface area contributed by atoms with Gasteiger partial charge < -0.3 is 0 Å². The molecule has 1 atom stereocenters. The lowest BCUT2D eigenvalue weighted by atomic mass is 9.90. The molecule has 0 aliphatic rings. The van der Waals surface area contributed by atoms with Crippen LogP contribution in [0.1, 0.15) is 65.7 Å². The van der Waals surface area contributed by atoms with E-state index in [2.05, 4.69) is 13.0 Å². The Kier molecular flexibility index (Phi) is 8.90. The highest BCUT2D eigenvalue weighted by molar-refractivity contribution is 5.83. The molecule has 0 N–H and O–H groups in total. The molecule has 0 rings (SSSR count). The van der Waals surface area contributed by atoms with Gasteiger partial charge in [-0.2, -0.15) is 5.26 Å². The molecule has 2 heteroatoms. The Morgan fingerprint density at radius 3 is 2.19 bits per heavy atom. The summed E-state index contributed by atoms with van der Waals surface area (Å²) in [6.45, 7) is 6.07. The Labute approximate surface area is 100 Å². The summed E-state index contributed by atoms with van der Waals surface area (Å²) < 4.78 is 0. The van der Waals surface area contributed by atoms with Gasteiger partial charge in [0, 0.05) is 6.42 Å².